The number of aliphatic hydroxyl groups is 1. The summed E-state index contributed by atoms with van der Waals surface area (Å²) in [6, 6.07) is -2.91. The molecule has 1 aliphatic heterocycles. The van der Waals surface area contributed by atoms with E-state index in [0.29, 0.717) is 32.3 Å². The summed E-state index contributed by atoms with van der Waals surface area (Å²) < 4.78 is 43.1. The summed E-state index contributed by atoms with van der Waals surface area (Å²) in [7, 11) is 0. The van der Waals surface area contributed by atoms with Crippen LogP contribution >= 0.6 is 0 Å². The Bertz CT molecular complexity index is 787. The molecule has 12 heteroatoms. The van der Waals surface area contributed by atoms with Gasteiger partial charge < -0.3 is 25.2 Å². The third kappa shape index (κ3) is 8.00. The molecule has 9 nitrogen and oxygen atoms in total. The van der Waals surface area contributed by atoms with Gasteiger partial charge in [0.05, 0.1) is 18.6 Å². The second-order valence-corrected chi connectivity index (χ2v) is 8.58. The normalized spacial score (nSPS) is 25.3. The van der Waals surface area contributed by atoms with Gasteiger partial charge in [-0.3, -0.25) is 14.4 Å². The van der Waals surface area contributed by atoms with Crippen LogP contribution in [0.15, 0.2) is 12.2 Å². The van der Waals surface area contributed by atoms with E-state index in [0.717, 1.165) is 11.3 Å². The van der Waals surface area contributed by atoms with Gasteiger partial charge in [-0.15, -0.1) is 0 Å². The van der Waals surface area contributed by atoms with Crippen molar-refractivity contribution in [3.63, 3.8) is 0 Å². The highest BCUT2D eigenvalue weighted by Crippen LogP contribution is 2.40. The van der Waals surface area contributed by atoms with Crippen LogP contribution in [0.5, 0.6) is 0 Å². The van der Waals surface area contributed by atoms with Gasteiger partial charge in [-0.1, -0.05) is 25.0 Å². The lowest BCUT2D eigenvalue weighted by molar-refractivity contribution is -0.175. The molecule has 1 saturated carbocycles. The number of β-amino-alcohol motifs (C(OH)–C–C–N with tert-alkyl or cyclic N) is 1. The SMILES string of the molecule is CCOC(=O)[C@H]1C[C@H]1/C=C\CCCCC[C@H](NC(=O)C(F)(F)F)C(=O)N1C[C@H](O)C[C@H]1C(=O)O. The second kappa shape index (κ2) is 12.2. The van der Waals surface area contributed by atoms with Crippen molar-refractivity contribution in [2.45, 2.75) is 76.2 Å². The number of aliphatic carboxylic acids is 1. The van der Waals surface area contributed by atoms with E-state index in [4.69, 9.17) is 4.74 Å². The number of allylic oxidation sites excluding steroid dienone is 2. The standard InChI is InChI=1S/C22H31F3N2O7/c1-2-34-20(32)15-10-13(15)8-6-4-3-5-7-9-16(26-21(33)22(23,24)25)18(29)27-12-14(28)11-17(27)19(30)31/h6,8,13-17,28H,2-5,7,9-12H2,1H3,(H,26,33)(H,30,31)/b8-6-/t13-,14-,15+,16+,17+/m1/s1. The molecule has 0 unspecified atom stereocenters. The molecule has 1 aliphatic carbocycles. The number of esters is 1. The molecule has 0 radical (unpaired) electrons. The van der Waals surface area contributed by atoms with Crippen molar-refractivity contribution in [3.05, 3.63) is 12.2 Å². The minimum absolute atomic E-state index is 0.0982. The Hall–Kier alpha value is -2.63. The number of hydrogen-bond donors (Lipinski definition) is 3. The molecule has 192 valence electrons. The van der Waals surface area contributed by atoms with E-state index < -0.39 is 42.1 Å². The van der Waals surface area contributed by atoms with Crippen molar-refractivity contribution in [1.29, 1.82) is 0 Å². The summed E-state index contributed by atoms with van der Waals surface area (Å²) in [4.78, 5) is 47.9. The van der Waals surface area contributed by atoms with E-state index in [2.05, 4.69) is 0 Å². The number of likely N-dealkylation sites (tertiary alicyclic amines) is 1. The van der Waals surface area contributed by atoms with Gasteiger partial charge in [0, 0.05) is 13.0 Å². The van der Waals surface area contributed by atoms with Crippen molar-refractivity contribution in [3.8, 4) is 0 Å². The lowest BCUT2D eigenvalue weighted by Crippen LogP contribution is -2.54. The number of halogens is 3. The molecule has 0 spiro atoms. The van der Waals surface area contributed by atoms with Crippen LogP contribution in [0, 0.1) is 11.8 Å². The van der Waals surface area contributed by atoms with Crippen LogP contribution in [0.25, 0.3) is 0 Å². The number of nitrogens with zero attached hydrogens (tertiary/aromatic N) is 1. The monoisotopic (exact) mass is 492 g/mol. The number of carbonyl (C=O) groups excluding carboxylic acids is 3. The van der Waals surface area contributed by atoms with Crippen molar-refractivity contribution < 1.29 is 47.3 Å². The van der Waals surface area contributed by atoms with E-state index in [1.807, 2.05) is 12.2 Å². The van der Waals surface area contributed by atoms with Crippen LogP contribution in [0.2, 0.25) is 0 Å². The smallest absolute Gasteiger partial charge is 0.471 e. The average Bonchev–Trinajstić information content (AvgIpc) is 3.42. The fourth-order valence-electron chi connectivity index (χ4n) is 4.00. The molecular weight excluding hydrogens is 461 g/mol. The predicted molar refractivity (Wildman–Crippen MR) is 112 cm³/mol. The summed E-state index contributed by atoms with van der Waals surface area (Å²) in [5, 5.41) is 20.6. The van der Waals surface area contributed by atoms with E-state index in [-0.39, 0.29) is 37.2 Å². The summed E-state index contributed by atoms with van der Waals surface area (Å²) in [6.07, 6.45) is 0.251. The molecule has 1 saturated heterocycles. The summed E-state index contributed by atoms with van der Waals surface area (Å²) >= 11 is 0. The maximum atomic E-state index is 12.8. The van der Waals surface area contributed by atoms with Gasteiger partial charge in [-0.05, 0) is 38.5 Å². The molecule has 0 aromatic rings. The van der Waals surface area contributed by atoms with E-state index in [9.17, 15) is 42.6 Å². The second-order valence-electron chi connectivity index (χ2n) is 8.58. The molecule has 0 bridgehead atoms. The fraction of sp³-hybridized carbons (Fsp3) is 0.727. The number of nitrogens with one attached hydrogen (secondary N) is 1. The minimum Gasteiger partial charge on any atom is -0.480 e. The lowest BCUT2D eigenvalue weighted by atomic mass is 10.0. The molecule has 1 heterocycles. The summed E-state index contributed by atoms with van der Waals surface area (Å²) in [6.45, 7) is 1.76. The number of carboxylic acids is 1. The molecule has 2 fully saturated rings. The summed E-state index contributed by atoms with van der Waals surface area (Å²) in [5.74, 6) is -4.75. The fourth-order valence-corrected chi connectivity index (χ4v) is 4.00. The molecule has 0 aromatic carbocycles. The number of alkyl halides is 3. The van der Waals surface area contributed by atoms with Crippen molar-refractivity contribution in [2.75, 3.05) is 13.2 Å². The Morgan fingerprint density at radius 3 is 2.50 bits per heavy atom. The van der Waals surface area contributed by atoms with Crippen LogP contribution in [-0.4, -0.2) is 76.4 Å². The van der Waals surface area contributed by atoms with Crippen molar-refractivity contribution >= 4 is 23.8 Å². The van der Waals surface area contributed by atoms with Crippen LogP contribution in [-0.2, 0) is 23.9 Å². The number of amides is 2. The van der Waals surface area contributed by atoms with Gasteiger partial charge in [0.15, 0.2) is 0 Å². The lowest BCUT2D eigenvalue weighted by Gasteiger charge is -2.27. The molecule has 3 N–H and O–H groups in total. The number of hydrogen-bond acceptors (Lipinski definition) is 6. The zero-order valence-electron chi connectivity index (χ0n) is 18.9. The number of unbranched alkanes of at least 4 members (excludes halogenated alkanes) is 3. The molecule has 34 heavy (non-hydrogen) atoms. The van der Waals surface area contributed by atoms with E-state index in [1.165, 1.54) is 0 Å². The molecule has 2 amide bonds. The van der Waals surface area contributed by atoms with E-state index in [1.54, 1.807) is 12.2 Å². The number of aliphatic hydroxyl groups excluding tert-OH is 1. The van der Waals surface area contributed by atoms with Crippen molar-refractivity contribution in [2.24, 2.45) is 11.8 Å². The summed E-state index contributed by atoms with van der Waals surface area (Å²) in [5.41, 5.74) is 0. The maximum absolute atomic E-state index is 12.8. The molecule has 0 aromatic heterocycles. The zero-order chi connectivity index (χ0) is 25.5. The number of ether oxygens (including phenoxy) is 1. The molecule has 2 rings (SSSR count). The first-order valence-corrected chi connectivity index (χ1v) is 11.4. The Morgan fingerprint density at radius 1 is 1.18 bits per heavy atom. The van der Waals surface area contributed by atoms with Gasteiger partial charge in [-0.2, -0.15) is 13.2 Å². The zero-order valence-corrected chi connectivity index (χ0v) is 18.9. The number of carbonyl (C=O) groups is 4. The quantitative estimate of drug-likeness (QED) is 0.215. The first-order valence-electron chi connectivity index (χ1n) is 11.4. The van der Waals surface area contributed by atoms with Crippen LogP contribution in [0.1, 0.15) is 51.9 Å². The number of rotatable bonds is 12. The topological polar surface area (TPSA) is 133 Å². The predicted octanol–water partition coefficient (Wildman–Crippen LogP) is 1.79. The van der Waals surface area contributed by atoms with Gasteiger partial charge in [0.1, 0.15) is 12.1 Å². The van der Waals surface area contributed by atoms with Gasteiger partial charge >= 0.3 is 24.0 Å². The maximum Gasteiger partial charge on any atom is 0.471 e. The Labute approximate surface area is 195 Å². The van der Waals surface area contributed by atoms with Crippen LogP contribution in [0.3, 0.4) is 0 Å². The average molecular weight is 492 g/mol. The Kier molecular flexibility index (Phi) is 9.90. The first kappa shape index (κ1) is 27.6. The van der Waals surface area contributed by atoms with Crippen LogP contribution < -0.4 is 5.32 Å². The highest BCUT2D eigenvalue weighted by molar-refractivity contribution is 5.92. The Morgan fingerprint density at radius 2 is 1.88 bits per heavy atom. The van der Waals surface area contributed by atoms with Crippen molar-refractivity contribution in [1.82, 2.24) is 10.2 Å². The highest BCUT2D eigenvalue weighted by Gasteiger charge is 2.45. The first-order chi connectivity index (χ1) is 16.0. The van der Waals surface area contributed by atoms with Gasteiger partial charge in [0.25, 0.3) is 0 Å². The Balaban J connectivity index is 1.83. The van der Waals surface area contributed by atoms with E-state index >= 15 is 0 Å². The largest absolute Gasteiger partial charge is 0.480 e. The van der Waals surface area contributed by atoms with Gasteiger partial charge in [-0.25, -0.2) is 4.79 Å². The molecular formula is C22H31F3N2O7. The third-order valence-electron chi connectivity index (χ3n) is 5.88. The van der Waals surface area contributed by atoms with Crippen LogP contribution in [0.4, 0.5) is 13.2 Å². The molecule has 2 aliphatic rings. The third-order valence-corrected chi connectivity index (χ3v) is 5.88. The van der Waals surface area contributed by atoms with Gasteiger partial charge in [0.2, 0.25) is 5.91 Å². The minimum atomic E-state index is -5.19. The highest BCUT2D eigenvalue weighted by atomic mass is 19.4. The number of carboxylic acid groups (broad SMARTS) is 1. The molecule has 5 atom stereocenters.